The van der Waals surface area contributed by atoms with Crippen LogP contribution in [-0.2, 0) is 9.53 Å². The number of unbranched alkanes of at least 4 members (excludes halogenated alkanes) is 1. The molecule has 0 bridgehead atoms. The average Bonchev–Trinajstić information content (AvgIpc) is 2.01. The van der Waals surface area contributed by atoms with Crippen molar-refractivity contribution in [1.82, 2.24) is 0 Å². The van der Waals surface area contributed by atoms with Crippen LogP contribution in [-0.4, -0.2) is 29.3 Å². The van der Waals surface area contributed by atoms with Gasteiger partial charge in [0.05, 0.1) is 0 Å². The zero-order valence-corrected chi connectivity index (χ0v) is 9.25. The Morgan fingerprint density at radius 3 is 2.43 bits per heavy atom. The van der Waals surface area contributed by atoms with E-state index in [-0.39, 0.29) is 0 Å². The van der Waals surface area contributed by atoms with Crippen molar-refractivity contribution < 1.29 is 14.6 Å². The van der Waals surface area contributed by atoms with Crippen molar-refractivity contribution in [3.63, 3.8) is 0 Å². The molecule has 1 unspecified atom stereocenters. The normalized spacial score (nSPS) is 13.8. The van der Waals surface area contributed by atoms with Gasteiger partial charge in [0.15, 0.2) is 6.10 Å². The Hall–Kier alpha value is -0.610. The third kappa shape index (κ3) is 6.86. The lowest BCUT2D eigenvalue weighted by Crippen LogP contribution is -2.31. The molecule has 0 aromatic heterocycles. The fourth-order valence-electron chi connectivity index (χ4n) is 0.970. The number of nitrogens with two attached hydrogens (primary N) is 1. The van der Waals surface area contributed by atoms with Gasteiger partial charge in [0.2, 0.25) is 0 Å². The van der Waals surface area contributed by atoms with Gasteiger partial charge in [0.1, 0.15) is 5.60 Å². The summed E-state index contributed by atoms with van der Waals surface area (Å²) < 4.78 is 5.01. The zero-order valence-electron chi connectivity index (χ0n) is 9.25. The highest BCUT2D eigenvalue weighted by Crippen LogP contribution is 2.10. The highest BCUT2D eigenvalue weighted by Gasteiger charge is 2.22. The van der Waals surface area contributed by atoms with Gasteiger partial charge in [-0.15, -0.1) is 0 Å². The van der Waals surface area contributed by atoms with Gasteiger partial charge in [-0.25, -0.2) is 4.79 Å². The molecule has 0 amide bonds. The van der Waals surface area contributed by atoms with Crippen molar-refractivity contribution >= 4 is 5.97 Å². The van der Waals surface area contributed by atoms with Crippen molar-refractivity contribution in [1.29, 1.82) is 0 Å². The van der Waals surface area contributed by atoms with E-state index in [1.165, 1.54) is 0 Å². The van der Waals surface area contributed by atoms with Gasteiger partial charge in [-0.05, 0) is 46.6 Å². The molecule has 84 valence electrons. The van der Waals surface area contributed by atoms with Crippen LogP contribution in [0.15, 0.2) is 0 Å². The highest BCUT2D eigenvalue weighted by molar-refractivity contribution is 5.74. The Kier molecular flexibility index (Phi) is 5.72. The summed E-state index contributed by atoms with van der Waals surface area (Å²) in [6.07, 6.45) is 0.976. The van der Waals surface area contributed by atoms with Crippen molar-refractivity contribution in [3.8, 4) is 0 Å². The van der Waals surface area contributed by atoms with Gasteiger partial charge in [0, 0.05) is 0 Å². The number of aliphatic hydroxyl groups is 1. The average molecular weight is 203 g/mol. The first-order valence-electron chi connectivity index (χ1n) is 4.98. The molecular weight excluding hydrogens is 182 g/mol. The maximum atomic E-state index is 11.2. The van der Waals surface area contributed by atoms with E-state index in [1.54, 1.807) is 20.8 Å². The first-order valence-corrected chi connectivity index (χ1v) is 4.98. The van der Waals surface area contributed by atoms with Crippen molar-refractivity contribution in [2.45, 2.75) is 51.7 Å². The fourth-order valence-corrected chi connectivity index (χ4v) is 0.970. The van der Waals surface area contributed by atoms with Crippen molar-refractivity contribution in [2.24, 2.45) is 5.73 Å². The van der Waals surface area contributed by atoms with E-state index in [0.29, 0.717) is 13.0 Å². The molecule has 4 heteroatoms. The lowest BCUT2D eigenvalue weighted by molar-refractivity contribution is -0.165. The number of esters is 1. The summed E-state index contributed by atoms with van der Waals surface area (Å²) in [4.78, 5) is 11.2. The van der Waals surface area contributed by atoms with E-state index in [1.807, 2.05) is 0 Å². The van der Waals surface area contributed by atoms with Crippen LogP contribution in [0.2, 0.25) is 0 Å². The highest BCUT2D eigenvalue weighted by atomic mass is 16.6. The minimum absolute atomic E-state index is 0.423. The van der Waals surface area contributed by atoms with Crippen LogP contribution in [0.3, 0.4) is 0 Å². The summed E-state index contributed by atoms with van der Waals surface area (Å²) in [7, 11) is 0. The number of carbonyl (C=O) groups excluding carboxylic acids is 1. The van der Waals surface area contributed by atoms with Crippen LogP contribution in [0, 0.1) is 0 Å². The summed E-state index contributed by atoms with van der Waals surface area (Å²) >= 11 is 0. The molecule has 0 radical (unpaired) electrons. The van der Waals surface area contributed by atoms with Gasteiger partial charge < -0.3 is 15.6 Å². The second-order valence-corrected chi connectivity index (χ2v) is 4.33. The SMILES string of the molecule is CC(C)(C)OC(=O)C(O)CCCCN. The molecule has 0 saturated carbocycles. The molecule has 0 spiro atoms. The maximum absolute atomic E-state index is 11.2. The number of hydrogen-bond donors (Lipinski definition) is 2. The van der Waals surface area contributed by atoms with E-state index >= 15 is 0 Å². The number of rotatable bonds is 5. The summed E-state index contributed by atoms with van der Waals surface area (Å²) in [5, 5.41) is 9.39. The second kappa shape index (κ2) is 5.98. The van der Waals surface area contributed by atoms with Gasteiger partial charge >= 0.3 is 5.97 Å². The molecular formula is C10H21NO3. The molecule has 0 saturated heterocycles. The minimum Gasteiger partial charge on any atom is -0.458 e. The van der Waals surface area contributed by atoms with Gasteiger partial charge in [0.25, 0.3) is 0 Å². The predicted octanol–water partition coefficient (Wildman–Crippen LogP) is 0.818. The van der Waals surface area contributed by atoms with Crippen LogP contribution >= 0.6 is 0 Å². The topological polar surface area (TPSA) is 72.5 Å². The van der Waals surface area contributed by atoms with E-state index < -0.39 is 17.7 Å². The van der Waals surface area contributed by atoms with Crippen LogP contribution in [0.25, 0.3) is 0 Å². The van der Waals surface area contributed by atoms with Crippen LogP contribution in [0.4, 0.5) is 0 Å². The van der Waals surface area contributed by atoms with Gasteiger partial charge in [-0.3, -0.25) is 0 Å². The molecule has 0 aliphatic carbocycles. The van der Waals surface area contributed by atoms with Crippen LogP contribution in [0.5, 0.6) is 0 Å². The molecule has 0 aliphatic rings. The van der Waals surface area contributed by atoms with Crippen LogP contribution in [0.1, 0.15) is 40.0 Å². The largest absolute Gasteiger partial charge is 0.458 e. The molecule has 0 aliphatic heterocycles. The molecule has 0 fully saturated rings. The second-order valence-electron chi connectivity index (χ2n) is 4.33. The van der Waals surface area contributed by atoms with E-state index in [0.717, 1.165) is 12.8 Å². The van der Waals surface area contributed by atoms with E-state index in [9.17, 15) is 9.90 Å². The quantitative estimate of drug-likeness (QED) is 0.512. The Bertz CT molecular complexity index is 175. The Balaban J connectivity index is 3.77. The standard InChI is InChI=1S/C10H21NO3/c1-10(2,3)14-9(13)8(12)6-4-5-7-11/h8,12H,4-7,11H2,1-3H3. The monoisotopic (exact) mass is 203 g/mol. The van der Waals surface area contributed by atoms with Crippen molar-refractivity contribution in [2.75, 3.05) is 6.54 Å². The third-order valence-electron chi connectivity index (χ3n) is 1.61. The summed E-state index contributed by atoms with van der Waals surface area (Å²) in [5.74, 6) is -0.547. The Labute approximate surface area is 85.4 Å². The first-order chi connectivity index (χ1) is 6.37. The molecule has 0 rings (SSSR count). The molecule has 0 aromatic rings. The van der Waals surface area contributed by atoms with E-state index in [4.69, 9.17) is 10.5 Å². The lowest BCUT2D eigenvalue weighted by atomic mass is 10.1. The van der Waals surface area contributed by atoms with Gasteiger partial charge in [-0.1, -0.05) is 0 Å². The summed E-state index contributed by atoms with van der Waals surface area (Å²) in [6, 6.07) is 0. The fraction of sp³-hybridized carbons (Fsp3) is 0.900. The number of ether oxygens (including phenoxy) is 1. The molecule has 14 heavy (non-hydrogen) atoms. The van der Waals surface area contributed by atoms with Crippen LogP contribution < -0.4 is 5.73 Å². The Morgan fingerprint density at radius 2 is 2.00 bits per heavy atom. The van der Waals surface area contributed by atoms with E-state index in [2.05, 4.69) is 0 Å². The number of carbonyl (C=O) groups is 1. The zero-order chi connectivity index (χ0) is 11.2. The third-order valence-corrected chi connectivity index (χ3v) is 1.61. The number of hydrogen-bond acceptors (Lipinski definition) is 4. The maximum Gasteiger partial charge on any atom is 0.335 e. The minimum atomic E-state index is -1.01. The predicted molar refractivity (Wildman–Crippen MR) is 54.8 cm³/mol. The summed E-state index contributed by atoms with van der Waals surface area (Å²) in [5.41, 5.74) is 4.76. The Morgan fingerprint density at radius 1 is 1.43 bits per heavy atom. The molecule has 4 nitrogen and oxygen atoms in total. The number of aliphatic hydroxyl groups excluding tert-OH is 1. The summed E-state index contributed by atoms with van der Waals surface area (Å²) in [6.45, 7) is 5.91. The molecule has 3 N–H and O–H groups in total. The lowest BCUT2D eigenvalue weighted by Gasteiger charge is -2.21. The molecule has 1 atom stereocenters. The molecule has 0 heterocycles. The first kappa shape index (κ1) is 13.4. The van der Waals surface area contributed by atoms with Gasteiger partial charge in [-0.2, -0.15) is 0 Å². The van der Waals surface area contributed by atoms with Crippen molar-refractivity contribution in [3.05, 3.63) is 0 Å². The smallest absolute Gasteiger partial charge is 0.335 e. The molecule has 0 aromatic carbocycles.